The summed E-state index contributed by atoms with van der Waals surface area (Å²) in [6.07, 6.45) is 4.67. The van der Waals surface area contributed by atoms with E-state index in [0.717, 1.165) is 19.4 Å². The number of carbonyl (C=O) groups excluding carboxylic acids is 1. The standard InChI is InChI=1S/C27H26ClN5O4S/c1-16(27(35)36)19-11-20-22(12-23(19)37-9-5-4-8-33(2)3)30-14-31-26(20)32-17-6-7-18(21(28)10-17)25(34)24-13-29-15-38-24/h6-7,10-15H,1,4-5,8-9H2,2-3H3,(H,35,36)(H,30,31,32). The Morgan fingerprint density at radius 2 is 1.97 bits per heavy atom. The number of carboxylic acids is 1. The first-order chi connectivity index (χ1) is 18.2. The predicted octanol–water partition coefficient (Wildman–Crippen LogP) is 5.53. The van der Waals surface area contributed by atoms with Gasteiger partial charge in [-0.3, -0.25) is 9.78 Å². The van der Waals surface area contributed by atoms with Crippen molar-refractivity contribution < 1.29 is 19.4 Å². The van der Waals surface area contributed by atoms with Crippen LogP contribution in [-0.4, -0.2) is 64.0 Å². The molecule has 4 aromatic rings. The monoisotopic (exact) mass is 551 g/mol. The van der Waals surface area contributed by atoms with Crippen molar-refractivity contribution in [2.24, 2.45) is 0 Å². The van der Waals surface area contributed by atoms with Crippen LogP contribution in [0.15, 0.2) is 54.9 Å². The maximum atomic E-state index is 12.7. The van der Waals surface area contributed by atoms with Gasteiger partial charge in [-0.2, -0.15) is 0 Å². The molecule has 0 amide bonds. The van der Waals surface area contributed by atoms with Crippen molar-refractivity contribution >= 4 is 62.7 Å². The number of carboxylic acid groups (broad SMARTS) is 1. The van der Waals surface area contributed by atoms with E-state index in [1.165, 1.54) is 23.9 Å². The summed E-state index contributed by atoms with van der Waals surface area (Å²) >= 11 is 7.68. The van der Waals surface area contributed by atoms with Gasteiger partial charge in [0.15, 0.2) is 0 Å². The Morgan fingerprint density at radius 1 is 1.16 bits per heavy atom. The lowest BCUT2D eigenvalue weighted by atomic mass is 10.0. The molecule has 196 valence electrons. The van der Waals surface area contributed by atoms with Crippen LogP contribution in [0.4, 0.5) is 11.5 Å². The molecule has 2 heterocycles. The van der Waals surface area contributed by atoms with Crippen LogP contribution in [0.3, 0.4) is 0 Å². The van der Waals surface area contributed by atoms with Crippen LogP contribution >= 0.6 is 22.9 Å². The molecule has 0 atom stereocenters. The van der Waals surface area contributed by atoms with Crippen molar-refractivity contribution in [1.29, 1.82) is 0 Å². The van der Waals surface area contributed by atoms with Gasteiger partial charge in [-0.1, -0.05) is 18.2 Å². The molecule has 0 spiro atoms. The quantitative estimate of drug-likeness (QED) is 0.133. The number of halogens is 1. The minimum atomic E-state index is -1.15. The van der Waals surface area contributed by atoms with E-state index < -0.39 is 5.97 Å². The van der Waals surface area contributed by atoms with Crippen molar-refractivity contribution in [1.82, 2.24) is 19.9 Å². The van der Waals surface area contributed by atoms with Gasteiger partial charge in [-0.05, 0) is 57.7 Å². The van der Waals surface area contributed by atoms with Crippen LogP contribution in [0.2, 0.25) is 5.02 Å². The number of nitrogens with zero attached hydrogens (tertiary/aromatic N) is 4. The van der Waals surface area contributed by atoms with Gasteiger partial charge in [-0.15, -0.1) is 11.3 Å². The van der Waals surface area contributed by atoms with E-state index >= 15 is 0 Å². The lowest BCUT2D eigenvalue weighted by molar-refractivity contribution is -0.130. The summed E-state index contributed by atoms with van der Waals surface area (Å²) in [5, 5.41) is 13.7. The topological polar surface area (TPSA) is 118 Å². The zero-order valence-corrected chi connectivity index (χ0v) is 22.5. The first kappa shape index (κ1) is 27.2. The number of thiazole rings is 1. The second-order valence-electron chi connectivity index (χ2n) is 8.74. The number of aromatic nitrogens is 3. The van der Waals surface area contributed by atoms with Gasteiger partial charge in [0.1, 0.15) is 17.9 Å². The number of ketones is 1. The highest BCUT2D eigenvalue weighted by Gasteiger charge is 2.18. The van der Waals surface area contributed by atoms with E-state index in [1.807, 2.05) is 14.1 Å². The summed E-state index contributed by atoms with van der Waals surface area (Å²) in [4.78, 5) is 39.7. The number of hydrogen-bond donors (Lipinski definition) is 2. The van der Waals surface area contributed by atoms with Gasteiger partial charge in [0.25, 0.3) is 0 Å². The molecule has 2 aromatic heterocycles. The molecular weight excluding hydrogens is 526 g/mol. The lowest BCUT2D eigenvalue weighted by Crippen LogP contribution is -2.14. The van der Waals surface area contributed by atoms with E-state index in [1.54, 1.807) is 35.8 Å². The molecule has 38 heavy (non-hydrogen) atoms. The van der Waals surface area contributed by atoms with Crippen molar-refractivity contribution in [3.05, 3.63) is 76.0 Å². The molecule has 0 fully saturated rings. The number of fused-ring (bicyclic) bond motifs is 1. The highest BCUT2D eigenvalue weighted by atomic mass is 35.5. The molecule has 0 aliphatic rings. The molecule has 0 saturated heterocycles. The third-order valence-electron chi connectivity index (χ3n) is 5.71. The van der Waals surface area contributed by atoms with E-state index in [0.29, 0.717) is 50.8 Å². The minimum Gasteiger partial charge on any atom is -0.493 e. The summed E-state index contributed by atoms with van der Waals surface area (Å²) in [6, 6.07) is 8.34. The summed E-state index contributed by atoms with van der Waals surface area (Å²) in [6.45, 7) is 5.10. The summed E-state index contributed by atoms with van der Waals surface area (Å²) in [7, 11) is 4.02. The van der Waals surface area contributed by atoms with Crippen molar-refractivity contribution in [3.63, 3.8) is 0 Å². The molecule has 0 unspecified atom stereocenters. The third-order valence-corrected chi connectivity index (χ3v) is 6.79. The minimum absolute atomic E-state index is 0.0982. The number of unbranched alkanes of at least 4 members (excludes halogenated alkanes) is 1. The molecule has 2 aromatic carbocycles. The third kappa shape index (κ3) is 6.34. The Labute approximate surface area is 228 Å². The fourth-order valence-corrected chi connectivity index (χ4v) is 4.58. The second-order valence-corrected chi connectivity index (χ2v) is 10.0. The molecule has 11 heteroatoms. The number of nitrogens with one attached hydrogen (secondary N) is 1. The molecular formula is C27H26ClN5O4S. The number of carbonyl (C=O) groups is 2. The Hall–Kier alpha value is -3.86. The number of benzene rings is 2. The van der Waals surface area contributed by atoms with Gasteiger partial charge in [0, 0.05) is 34.5 Å². The molecule has 0 bridgehead atoms. The van der Waals surface area contributed by atoms with Gasteiger partial charge >= 0.3 is 5.97 Å². The highest BCUT2D eigenvalue weighted by molar-refractivity contribution is 7.12. The van der Waals surface area contributed by atoms with Crippen molar-refractivity contribution in [3.8, 4) is 5.75 Å². The lowest BCUT2D eigenvalue weighted by Gasteiger charge is -2.15. The van der Waals surface area contributed by atoms with Crippen molar-refractivity contribution in [2.75, 3.05) is 32.6 Å². The molecule has 0 aliphatic heterocycles. The fourth-order valence-electron chi connectivity index (χ4n) is 3.74. The first-order valence-corrected chi connectivity index (χ1v) is 13.0. The van der Waals surface area contributed by atoms with Crippen LogP contribution in [0, 0.1) is 0 Å². The molecule has 0 saturated carbocycles. The largest absolute Gasteiger partial charge is 0.493 e. The van der Waals surface area contributed by atoms with Gasteiger partial charge < -0.3 is 20.1 Å². The van der Waals surface area contributed by atoms with E-state index in [9.17, 15) is 14.7 Å². The maximum absolute atomic E-state index is 12.7. The van der Waals surface area contributed by atoms with E-state index in [2.05, 4.69) is 31.7 Å². The summed E-state index contributed by atoms with van der Waals surface area (Å²) in [5.41, 5.74) is 3.36. The average molecular weight is 552 g/mol. The second kappa shape index (κ2) is 12.1. The molecule has 0 aliphatic carbocycles. The smallest absolute Gasteiger partial charge is 0.335 e. The Morgan fingerprint density at radius 3 is 2.66 bits per heavy atom. The fraction of sp³-hybridized carbons (Fsp3) is 0.222. The number of aliphatic carboxylic acids is 1. The van der Waals surface area contributed by atoms with Crippen molar-refractivity contribution in [2.45, 2.75) is 12.8 Å². The Balaban J connectivity index is 1.62. The van der Waals surface area contributed by atoms with E-state index in [-0.39, 0.29) is 16.4 Å². The zero-order chi connectivity index (χ0) is 27.2. The Kier molecular flexibility index (Phi) is 8.67. The van der Waals surface area contributed by atoms with Crippen LogP contribution in [0.5, 0.6) is 5.75 Å². The van der Waals surface area contributed by atoms with Gasteiger partial charge in [0.2, 0.25) is 5.78 Å². The zero-order valence-electron chi connectivity index (χ0n) is 20.9. The van der Waals surface area contributed by atoms with E-state index in [4.69, 9.17) is 16.3 Å². The Bertz CT molecular complexity index is 1490. The van der Waals surface area contributed by atoms with Crippen LogP contribution in [0.25, 0.3) is 16.5 Å². The number of hydrogen-bond acceptors (Lipinski definition) is 9. The highest BCUT2D eigenvalue weighted by Crippen LogP contribution is 2.34. The van der Waals surface area contributed by atoms with Gasteiger partial charge in [-0.25, -0.2) is 14.8 Å². The molecule has 0 radical (unpaired) electrons. The SMILES string of the molecule is C=C(C(=O)O)c1cc2c(Nc3ccc(C(=O)c4cncs4)c(Cl)c3)ncnc2cc1OCCCCN(C)C. The van der Waals surface area contributed by atoms with Crippen LogP contribution in [0.1, 0.15) is 33.6 Å². The normalized spacial score (nSPS) is 11.1. The number of ether oxygens (including phenoxy) is 1. The summed E-state index contributed by atoms with van der Waals surface area (Å²) < 4.78 is 5.96. The van der Waals surface area contributed by atoms with Crippen LogP contribution in [-0.2, 0) is 4.79 Å². The predicted molar refractivity (Wildman–Crippen MR) is 150 cm³/mol. The number of anilines is 2. The van der Waals surface area contributed by atoms with Gasteiger partial charge in [0.05, 0.1) is 33.1 Å². The van der Waals surface area contributed by atoms with Crippen LogP contribution < -0.4 is 10.1 Å². The first-order valence-electron chi connectivity index (χ1n) is 11.7. The summed E-state index contributed by atoms with van der Waals surface area (Å²) in [5.74, 6) is -0.526. The maximum Gasteiger partial charge on any atom is 0.335 e. The molecule has 4 rings (SSSR count). The molecule has 9 nitrogen and oxygen atoms in total. The number of rotatable bonds is 12. The molecule has 2 N–H and O–H groups in total. The average Bonchev–Trinajstić information content (AvgIpc) is 3.42.